The number of carbonyl (C=O) groups is 1. The molecule has 7 heteroatoms. The van der Waals surface area contributed by atoms with E-state index in [9.17, 15) is 14.7 Å². The van der Waals surface area contributed by atoms with E-state index in [4.69, 9.17) is 0 Å². The second-order valence-electron chi connectivity index (χ2n) is 6.47. The lowest BCUT2D eigenvalue weighted by molar-refractivity contribution is 0.0953. The molecule has 0 atom stereocenters. The van der Waals surface area contributed by atoms with Crippen molar-refractivity contribution in [1.29, 1.82) is 0 Å². The number of nitrogens with zero attached hydrogens (tertiary/aromatic N) is 2. The maximum absolute atomic E-state index is 12.0. The first-order chi connectivity index (χ1) is 11.9. The molecule has 0 saturated heterocycles. The summed E-state index contributed by atoms with van der Waals surface area (Å²) in [7, 11) is 1.43. The number of carbonyl (C=O) groups excluding carboxylic acids is 1. The first-order valence-electron chi connectivity index (χ1n) is 8.24. The van der Waals surface area contributed by atoms with Gasteiger partial charge in [0.1, 0.15) is 0 Å². The van der Waals surface area contributed by atoms with Crippen molar-refractivity contribution in [1.82, 2.24) is 15.1 Å². The summed E-state index contributed by atoms with van der Waals surface area (Å²) >= 11 is 3.52. The van der Waals surface area contributed by atoms with Crippen LogP contribution < -0.4 is 10.7 Å². The van der Waals surface area contributed by atoms with Crippen LogP contribution >= 0.6 is 15.9 Å². The van der Waals surface area contributed by atoms with Crippen LogP contribution in [0.25, 0.3) is 0 Å². The first-order valence-corrected chi connectivity index (χ1v) is 9.03. The topological polar surface area (TPSA) is 84.2 Å². The Morgan fingerprint density at radius 1 is 1.40 bits per heavy atom. The van der Waals surface area contributed by atoms with E-state index in [0.29, 0.717) is 6.54 Å². The van der Waals surface area contributed by atoms with Gasteiger partial charge in [-0.2, -0.15) is 5.10 Å². The van der Waals surface area contributed by atoms with E-state index >= 15 is 0 Å². The van der Waals surface area contributed by atoms with Crippen LogP contribution in [-0.2, 0) is 12.0 Å². The van der Waals surface area contributed by atoms with Crippen molar-refractivity contribution in [3.63, 3.8) is 0 Å². The van der Waals surface area contributed by atoms with Crippen molar-refractivity contribution in [2.75, 3.05) is 7.05 Å². The van der Waals surface area contributed by atoms with Crippen molar-refractivity contribution in [2.45, 2.75) is 37.6 Å². The van der Waals surface area contributed by atoms with Gasteiger partial charge < -0.3 is 10.4 Å². The SMILES string of the molecule is CNC(=O)c1nn(CC2(c3cccc(Br)c3)CCCC2)cc(O)c1=O. The third kappa shape index (κ3) is 3.46. The summed E-state index contributed by atoms with van der Waals surface area (Å²) in [6.07, 6.45) is 5.52. The number of aromatic nitrogens is 2. The molecule has 25 heavy (non-hydrogen) atoms. The highest BCUT2D eigenvalue weighted by atomic mass is 79.9. The Kier molecular flexibility index (Phi) is 4.94. The van der Waals surface area contributed by atoms with Gasteiger partial charge in [-0.15, -0.1) is 0 Å². The molecule has 1 aromatic heterocycles. The summed E-state index contributed by atoms with van der Waals surface area (Å²) in [4.78, 5) is 23.8. The number of benzene rings is 1. The number of amides is 1. The van der Waals surface area contributed by atoms with E-state index in [-0.39, 0.29) is 11.1 Å². The molecule has 132 valence electrons. The lowest BCUT2D eigenvalue weighted by atomic mass is 9.79. The summed E-state index contributed by atoms with van der Waals surface area (Å²) in [5.74, 6) is -1.06. The van der Waals surface area contributed by atoms with Gasteiger partial charge in [-0.3, -0.25) is 14.3 Å². The van der Waals surface area contributed by atoms with Crippen LogP contribution in [0.4, 0.5) is 0 Å². The van der Waals surface area contributed by atoms with Crippen molar-refractivity contribution in [2.24, 2.45) is 0 Å². The van der Waals surface area contributed by atoms with Crippen LogP contribution in [-0.4, -0.2) is 27.8 Å². The van der Waals surface area contributed by atoms with Crippen molar-refractivity contribution in [3.8, 4) is 5.75 Å². The zero-order valence-corrected chi connectivity index (χ0v) is 15.5. The smallest absolute Gasteiger partial charge is 0.275 e. The van der Waals surface area contributed by atoms with Crippen LogP contribution in [0, 0.1) is 0 Å². The van der Waals surface area contributed by atoms with E-state index in [2.05, 4.69) is 38.5 Å². The van der Waals surface area contributed by atoms with Gasteiger partial charge in [-0.05, 0) is 30.5 Å². The fraction of sp³-hybridized carbons (Fsp3) is 0.389. The summed E-state index contributed by atoms with van der Waals surface area (Å²) in [6.45, 7) is 0.501. The summed E-state index contributed by atoms with van der Waals surface area (Å²) in [5.41, 5.74) is 0.0300. The molecule has 0 bridgehead atoms. The van der Waals surface area contributed by atoms with Crippen LogP contribution in [0.3, 0.4) is 0 Å². The predicted molar refractivity (Wildman–Crippen MR) is 97.8 cm³/mol. The Morgan fingerprint density at radius 3 is 2.76 bits per heavy atom. The van der Waals surface area contributed by atoms with E-state index in [1.807, 2.05) is 12.1 Å². The van der Waals surface area contributed by atoms with Gasteiger partial charge in [0, 0.05) is 16.9 Å². The fourth-order valence-corrected chi connectivity index (χ4v) is 3.99. The minimum atomic E-state index is -0.751. The molecule has 1 aliphatic carbocycles. The molecule has 0 radical (unpaired) electrons. The molecular formula is C18H20BrN3O3. The average molecular weight is 406 g/mol. The monoisotopic (exact) mass is 405 g/mol. The van der Waals surface area contributed by atoms with Crippen LogP contribution in [0.15, 0.2) is 39.7 Å². The first kappa shape index (κ1) is 17.7. The minimum Gasteiger partial charge on any atom is -0.503 e. The number of nitrogens with one attached hydrogen (secondary N) is 1. The maximum atomic E-state index is 12.0. The standard InChI is InChI=1S/C18H20BrN3O3/c1-20-17(25)15-16(24)14(23)10-22(21-15)11-18(7-2-3-8-18)12-5-4-6-13(19)9-12/h4-6,9-10,23H,2-3,7-8,11H2,1H3,(H,20,25). The molecule has 0 aliphatic heterocycles. The Balaban J connectivity index is 2.03. The Labute approximate surface area is 154 Å². The van der Waals surface area contributed by atoms with E-state index in [1.165, 1.54) is 23.5 Å². The van der Waals surface area contributed by atoms with Gasteiger partial charge in [-0.25, -0.2) is 0 Å². The van der Waals surface area contributed by atoms with Gasteiger partial charge in [0.25, 0.3) is 11.3 Å². The normalized spacial score (nSPS) is 15.9. The van der Waals surface area contributed by atoms with E-state index in [1.54, 1.807) is 0 Å². The highest BCUT2D eigenvalue weighted by molar-refractivity contribution is 9.10. The lowest BCUT2D eigenvalue weighted by Crippen LogP contribution is -2.33. The van der Waals surface area contributed by atoms with Gasteiger partial charge in [0.15, 0.2) is 11.4 Å². The van der Waals surface area contributed by atoms with Crippen LogP contribution in [0.2, 0.25) is 0 Å². The Bertz CT molecular complexity index is 857. The minimum absolute atomic E-state index is 0.127. The van der Waals surface area contributed by atoms with Crippen molar-refractivity contribution < 1.29 is 9.90 Å². The summed E-state index contributed by atoms with van der Waals surface area (Å²) in [6, 6.07) is 8.19. The molecule has 1 saturated carbocycles. The molecule has 0 unspecified atom stereocenters. The molecule has 1 amide bonds. The largest absolute Gasteiger partial charge is 0.503 e. The number of aromatic hydroxyl groups is 1. The number of hydrogen-bond donors (Lipinski definition) is 2. The quantitative estimate of drug-likeness (QED) is 0.818. The molecule has 2 aromatic rings. The third-order valence-electron chi connectivity index (χ3n) is 4.85. The highest BCUT2D eigenvalue weighted by Crippen LogP contribution is 2.43. The third-order valence-corrected chi connectivity index (χ3v) is 5.35. The predicted octanol–water partition coefficient (Wildman–Crippen LogP) is 2.58. The molecule has 2 N–H and O–H groups in total. The molecule has 1 fully saturated rings. The summed E-state index contributed by atoms with van der Waals surface area (Å²) < 4.78 is 2.53. The van der Waals surface area contributed by atoms with Gasteiger partial charge >= 0.3 is 0 Å². The molecule has 3 rings (SSSR count). The number of rotatable bonds is 4. The van der Waals surface area contributed by atoms with E-state index in [0.717, 1.165) is 30.2 Å². The molecule has 1 aromatic carbocycles. The molecular weight excluding hydrogens is 386 g/mol. The van der Waals surface area contributed by atoms with Gasteiger partial charge in [0.05, 0.1) is 12.7 Å². The average Bonchev–Trinajstić information content (AvgIpc) is 3.07. The Hall–Kier alpha value is -2.15. The molecule has 6 nitrogen and oxygen atoms in total. The number of halogens is 1. The van der Waals surface area contributed by atoms with Crippen LogP contribution in [0.1, 0.15) is 41.7 Å². The zero-order chi connectivity index (χ0) is 18.0. The second kappa shape index (κ2) is 7.00. The molecule has 0 spiro atoms. The van der Waals surface area contributed by atoms with E-state index < -0.39 is 17.1 Å². The summed E-state index contributed by atoms with van der Waals surface area (Å²) in [5, 5.41) is 16.5. The van der Waals surface area contributed by atoms with Gasteiger partial charge in [-0.1, -0.05) is 40.9 Å². The zero-order valence-electron chi connectivity index (χ0n) is 14.0. The number of hydrogen-bond acceptors (Lipinski definition) is 4. The van der Waals surface area contributed by atoms with Gasteiger partial charge in [0.2, 0.25) is 0 Å². The molecule has 1 aliphatic rings. The Morgan fingerprint density at radius 2 is 2.12 bits per heavy atom. The second-order valence-corrected chi connectivity index (χ2v) is 7.38. The van der Waals surface area contributed by atoms with Crippen molar-refractivity contribution >= 4 is 21.8 Å². The van der Waals surface area contributed by atoms with Crippen LogP contribution in [0.5, 0.6) is 5.75 Å². The van der Waals surface area contributed by atoms with Crippen molar-refractivity contribution in [3.05, 3.63) is 56.4 Å². The fourth-order valence-electron chi connectivity index (χ4n) is 3.59. The maximum Gasteiger partial charge on any atom is 0.275 e. The molecule has 1 heterocycles. The lowest BCUT2D eigenvalue weighted by Gasteiger charge is -2.30. The highest BCUT2D eigenvalue weighted by Gasteiger charge is 2.36.